The van der Waals surface area contributed by atoms with Crippen molar-refractivity contribution in [2.24, 2.45) is 0 Å². The molecule has 3 N–H and O–H groups in total. The molecule has 8 nitrogen and oxygen atoms in total. The Morgan fingerprint density at radius 2 is 1.93 bits per heavy atom. The largest absolute Gasteiger partial charge is 0.445 e. The first-order valence-corrected chi connectivity index (χ1v) is 8.71. The van der Waals surface area contributed by atoms with Crippen molar-refractivity contribution >= 4 is 11.9 Å². The van der Waals surface area contributed by atoms with Crippen LogP contribution in [0.3, 0.4) is 0 Å². The van der Waals surface area contributed by atoms with E-state index in [0.29, 0.717) is 6.20 Å². The molecule has 0 aliphatic carbocycles. The molecule has 1 amide bonds. The molecule has 2 aromatic rings. The maximum Gasteiger partial charge on any atom is 0.434 e. The summed E-state index contributed by atoms with van der Waals surface area (Å²) in [7, 11) is 0. The third-order valence-electron chi connectivity index (χ3n) is 4.35. The van der Waals surface area contributed by atoms with Crippen LogP contribution >= 0.6 is 0 Å². The number of benzene rings is 1. The Morgan fingerprint density at radius 1 is 1.21 bits per heavy atom. The first-order chi connectivity index (χ1) is 13.7. The van der Waals surface area contributed by atoms with Crippen molar-refractivity contribution in [3.63, 3.8) is 0 Å². The van der Waals surface area contributed by atoms with Crippen LogP contribution in [0.25, 0.3) is 0 Å². The number of carbonyl (C=O) groups excluding carboxylic acids is 1. The van der Waals surface area contributed by atoms with Gasteiger partial charge in [-0.25, -0.2) is 9.78 Å². The Bertz CT molecular complexity index is 837. The summed E-state index contributed by atoms with van der Waals surface area (Å²) >= 11 is 0. The van der Waals surface area contributed by atoms with E-state index in [9.17, 15) is 28.2 Å². The van der Waals surface area contributed by atoms with Crippen LogP contribution in [0.2, 0.25) is 0 Å². The fraction of sp³-hybridized carbons (Fsp3) is 0.389. The second kappa shape index (κ2) is 8.62. The fourth-order valence-corrected chi connectivity index (χ4v) is 2.87. The molecule has 3 rings (SSSR count). The molecule has 0 bridgehead atoms. The van der Waals surface area contributed by atoms with Crippen LogP contribution in [0.4, 0.5) is 23.8 Å². The van der Waals surface area contributed by atoms with Crippen molar-refractivity contribution in [3.05, 3.63) is 54.0 Å². The quantitative estimate of drug-likeness (QED) is 0.701. The molecular weight excluding hydrogens is 393 g/mol. The maximum absolute atomic E-state index is 12.8. The Hall–Kier alpha value is -2.92. The number of amides is 1. The Morgan fingerprint density at radius 3 is 2.62 bits per heavy atom. The molecule has 2 heterocycles. The summed E-state index contributed by atoms with van der Waals surface area (Å²) in [6.45, 7) is -0.267. The van der Waals surface area contributed by atoms with E-state index in [1.807, 2.05) is 6.07 Å². The van der Waals surface area contributed by atoms with E-state index in [0.717, 1.165) is 11.8 Å². The standard InChI is InChI=1S/C18H19F3N4O4/c19-18(20,21)14-6-22-7-15(24-14)23-12-8-25(9-13(26)16(12)27)17(28)29-10-11-4-2-1-3-5-11/h1-7,12-13,16,26-27H,8-10H2,(H,23,24)/t12-,13-,16+/m0/s1. The van der Waals surface area contributed by atoms with Crippen LogP contribution in [0, 0.1) is 0 Å². The van der Waals surface area contributed by atoms with Gasteiger partial charge in [0.1, 0.15) is 18.5 Å². The summed E-state index contributed by atoms with van der Waals surface area (Å²) in [5.41, 5.74) is -0.431. The van der Waals surface area contributed by atoms with E-state index in [1.165, 1.54) is 4.90 Å². The number of carbonyl (C=O) groups is 1. The van der Waals surface area contributed by atoms with Gasteiger partial charge in [-0.1, -0.05) is 30.3 Å². The molecule has 0 radical (unpaired) electrons. The average molecular weight is 412 g/mol. The number of hydrogen-bond acceptors (Lipinski definition) is 7. The number of aliphatic hydroxyl groups excluding tert-OH is 2. The van der Waals surface area contributed by atoms with Crippen LogP contribution in [0.15, 0.2) is 42.7 Å². The number of β-amino-alcohol motifs (C(OH)–C–C–N with tert-alkyl or cyclic N) is 1. The van der Waals surface area contributed by atoms with Crippen molar-refractivity contribution < 1.29 is 32.9 Å². The number of halogens is 3. The molecule has 0 unspecified atom stereocenters. The van der Waals surface area contributed by atoms with Gasteiger partial charge in [-0.2, -0.15) is 13.2 Å². The lowest BCUT2D eigenvalue weighted by atomic mass is 10.00. The van der Waals surface area contributed by atoms with Gasteiger partial charge in [-0.15, -0.1) is 0 Å². The number of piperidine rings is 1. The van der Waals surface area contributed by atoms with Crippen molar-refractivity contribution in [2.75, 3.05) is 18.4 Å². The predicted octanol–water partition coefficient (Wildman–Crippen LogP) is 1.65. The number of nitrogens with zero attached hydrogens (tertiary/aromatic N) is 3. The highest BCUT2D eigenvalue weighted by atomic mass is 19.4. The zero-order valence-corrected chi connectivity index (χ0v) is 15.1. The molecule has 3 atom stereocenters. The number of aromatic nitrogens is 2. The number of ether oxygens (including phenoxy) is 1. The summed E-state index contributed by atoms with van der Waals surface area (Å²) in [4.78, 5) is 20.4. The van der Waals surface area contributed by atoms with Gasteiger partial charge in [0.25, 0.3) is 0 Å². The van der Waals surface area contributed by atoms with Gasteiger partial charge in [-0.3, -0.25) is 4.98 Å². The number of anilines is 1. The highest BCUT2D eigenvalue weighted by molar-refractivity contribution is 5.68. The van der Waals surface area contributed by atoms with Gasteiger partial charge >= 0.3 is 12.3 Å². The summed E-state index contributed by atoms with van der Waals surface area (Å²) in [5.74, 6) is -0.240. The Labute approximate surface area is 164 Å². The van der Waals surface area contributed by atoms with Crippen molar-refractivity contribution in [1.29, 1.82) is 0 Å². The van der Waals surface area contributed by atoms with Gasteiger partial charge in [0.15, 0.2) is 5.69 Å². The van der Waals surface area contributed by atoms with Crippen LogP contribution in [0.1, 0.15) is 11.3 Å². The lowest BCUT2D eigenvalue weighted by Crippen LogP contribution is -2.59. The van der Waals surface area contributed by atoms with Gasteiger partial charge < -0.3 is 25.2 Å². The average Bonchev–Trinajstić information content (AvgIpc) is 2.70. The van der Waals surface area contributed by atoms with Gasteiger partial charge in [0.05, 0.1) is 31.1 Å². The summed E-state index contributed by atoms with van der Waals surface area (Å²) in [5, 5.41) is 22.8. The minimum absolute atomic E-state index is 0.0199. The molecule has 1 aromatic carbocycles. The smallest absolute Gasteiger partial charge is 0.434 e. The third-order valence-corrected chi connectivity index (χ3v) is 4.35. The zero-order valence-electron chi connectivity index (χ0n) is 15.1. The highest BCUT2D eigenvalue weighted by Gasteiger charge is 2.38. The van der Waals surface area contributed by atoms with Crippen molar-refractivity contribution in [2.45, 2.75) is 31.0 Å². The summed E-state index contributed by atoms with van der Waals surface area (Å²) in [6.07, 6.45) is -6.41. The van der Waals surface area contributed by atoms with E-state index >= 15 is 0 Å². The number of rotatable bonds is 4. The summed E-state index contributed by atoms with van der Waals surface area (Å²) < 4.78 is 43.6. The Kier molecular flexibility index (Phi) is 6.18. The molecular formula is C18H19F3N4O4. The molecule has 1 fully saturated rings. The normalized spacial score (nSPS) is 22.2. The van der Waals surface area contributed by atoms with Crippen molar-refractivity contribution in [3.8, 4) is 0 Å². The SMILES string of the molecule is O=C(OCc1ccccc1)N1C[C@H](Nc2cncc(C(F)(F)F)n2)[C@@H](O)[C@@H](O)C1. The molecule has 29 heavy (non-hydrogen) atoms. The third kappa shape index (κ3) is 5.33. The van der Waals surface area contributed by atoms with Crippen LogP contribution in [-0.2, 0) is 17.5 Å². The van der Waals surface area contributed by atoms with Crippen molar-refractivity contribution in [1.82, 2.24) is 14.9 Å². The predicted molar refractivity (Wildman–Crippen MR) is 94.7 cm³/mol. The van der Waals surface area contributed by atoms with E-state index in [-0.39, 0.29) is 25.5 Å². The van der Waals surface area contributed by atoms with Gasteiger partial charge in [0.2, 0.25) is 0 Å². The van der Waals surface area contributed by atoms with Gasteiger partial charge in [-0.05, 0) is 5.56 Å². The minimum Gasteiger partial charge on any atom is -0.445 e. The molecule has 1 aliphatic heterocycles. The molecule has 1 aromatic heterocycles. The van der Waals surface area contributed by atoms with Crippen LogP contribution in [0.5, 0.6) is 0 Å². The molecule has 1 aliphatic rings. The number of nitrogens with one attached hydrogen (secondary N) is 1. The summed E-state index contributed by atoms with van der Waals surface area (Å²) in [6, 6.07) is 7.99. The molecule has 11 heteroatoms. The second-order valence-electron chi connectivity index (χ2n) is 6.54. The number of aliphatic hydroxyl groups is 2. The highest BCUT2D eigenvalue weighted by Crippen LogP contribution is 2.28. The maximum atomic E-state index is 12.8. The molecule has 1 saturated heterocycles. The van der Waals surface area contributed by atoms with E-state index in [2.05, 4.69) is 15.3 Å². The number of hydrogen-bond donors (Lipinski definition) is 3. The lowest BCUT2D eigenvalue weighted by Gasteiger charge is -2.39. The minimum atomic E-state index is -4.68. The van der Waals surface area contributed by atoms with Gasteiger partial charge in [0, 0.05) is 6.54 Å². The van der Waals surface area contributed by atoms with Crippen LogP contribution < -0.4 is 5.32 Å². The molecule has 156 valence electrons. The topological polar surface area (TPSA) is 108 Å². The monoisotopic (exact) mass is 412 g/mol. The lowest BCUT2D eigenvalue weighted by molar-refractivity contribution is -0.141. The molecule has 0 spiro atoms. The van der Waals surface area contributed by atoms with E-state index in [1.54, 1.807) is 24.3 Å². The Balaban J connectivity index is 1.65. The fourth-order valence-electron chi connectivity index (χ4n) is 2.87. The molecule has 0 saturated carbocycles. The number of likely N-dealkylation sites (tertiary alicyclic amines) is 1. The van der Waals surface area contributed by atoms with Crippen LogP contribution in [-0.4, -0.2) is 62.5 Å². The first-order valence-electron chi connectivity index (χ1n) is 8.71. The number of alkyl halides is 3. The van der Waals surface area contributed by atoms with E-state index < -0.39 is 36.2 Å². The zero-order chi connectivity index (χ0) is 21.0. The van der Waals surface area contributed by atoms with E-state index in [4.69, 9.17) is 4.74 Å². The second-order valence-corrected chi connectivity index (χ2v) is 6.54. The first kappa shape index (κ1) is 20.8.